The predicted molar refractivity (Wildman–Crippen MR) is 63.2 cm³/mol. The van der Waals surface area contributed by atoms with Gasteiger partial charge in [-0.2, -0.15) is 13.2 Å². The second kappa shape index (κ2) is 5.87. The number of aliphatic hydroxyl groups excluding tert-OH is 1. The first-order valence-corrected chi connectivity index (χ1v) is 5.43. The Morgan fingerprint density at radius 3 is 2.53 bits per heavy atom. The quantitative estimate of drug-likeness (QED) is 0.662. The fourth-order valence-electron chi connectivity index (χ4n) is 1.81. The zero-order valence-electron chi connectivity index (χ0n) is 10.1. The van der Waals surface area contributed by atoms with E-state index in [9.17, 15) is 23.3 Å². The lowest BCUT2D eigenvalue weighted by atomic mass is 10.1. The average Bonchev–Trinajstić information content (AvgIpc) is 2.26. The largest absolute Gasteiger partial charge is 0.405 e. The van der Waals surface area contributed by atoms with Crippen LogP contribution in [0.4, 0.5) is 24.5 Å². The van der Waals surface area contributed by atoms with Gasteiger partial charge in [-0.1, -0.05) is 12.1 Å². The van der Waals surface area contributed by atoms with E-state index >= 15 is 0 Å². The molecule has 0 heterocycles. The lowest BCUT2D eigenvalue weighted by Crippen LogP contribution is -2.37. The highest BCUT2D eigenvalue weighted by molar-refractivity contribution is 5.67. The van der Waals surface area contributed by atoms with Gasteiger partial charge in [0, 0.05) is 12.6 Å². The van der Waals surface area contributed by atoms with Gasteiger partial charge < -0.3 is 10.0 Å². The summed E-state index contributed by atoms with van der Waals surface area (Å²) in [5.41, 5.74) is -0.163. The van der Waals surface area contributed by atoms with Crippen molar-refractivity contribution in [3.8, 4) is 0 Å². The molecule has 0 aromatic heterocycles. The number of anilines is 1. The van der Waals surface area contributed by atoms with Crippen LogP contribution >= 0.6 is 0 Å². The van der Waals surface area contributed by atoms with E-state index in [-0.39, 0.29) is 12.2 Å². The Balaban J connectivity index is 3.25. The number of aryl methyl sites for hydroxylation is 1. The van der Waals surface area contributed by atoms with Crippen LogP contribution in [-0.4, -0.2) is 35.9 Å². The number of nitrogens with zero attached hydrogens (tertiary/aromatic N) is 2. The van der Waals surface area contributed by atoms with Crippen molar-refractivity contribution >= 4 is 11.4 Å². The minimum Gasteiger partial charge on any atom is -0.395 e. The third-order valence-electron chi connectivity index (χ3n) is 2.47. The van der Waals surface area contributed by atoms with Gasteiger partial charge >= 0.3 is 6.18 Å². The summed E-state index contributed by atoms with van der Waals surface area (Å²) in [6, 6.07) is 4.04. The normalized spacial score (nSPS) is 11.4. The summed E-state index contributed by atoms with van der Waals surface area (Å²) >= 11 is 0. The fourth-order valence-corrected chi connectivity index (χ4v) is 1.81. The molecule has 1 aromatic rings. The zero-order chi connectivity index (χ0) is 14.6. The summed E-state index contributed by atoms with van der Waals surface area (Å²) in [5, 5.41) is 19.7. The maximum Gasteiger partial charge on any atom is 0.405 e. The van der Waals surface area contributed by atoms with Crippen molar-refractivity contribution in [1.29, 1.82) is 0 Å². The lowest BCUT2D eigenvalue weighted by Gasteiger charge is -2.26. The van der Waals surface area contributed by atoms with Crippen LogP contribution in [0, 0.1) is 17.0 Å². The standard InChI is InChI=1S/C11H13F3N2O3/c1-8-3-2-4-9(16(18)19)10(8)15(5-6-17)7-11(12,13)14/h2-4,17H,5-7H2,1H3. The van der Waals surface area contributed by atoms with Crippen molar-refractivity contribution in [3.05, 3.63) is 33.9 Å². The molecule has 8 heteroatoms. The molecular weight excluding hydrogens is 265 g/mol. The van der Waals surface area contributed by atoms with E-state index in [0.717, 1.165) is 11.0 Å². The monoisotopic (exact) mass is 278 g/mol. The SMILES string of the molecule is Cc1cccc([N+](=O)[O-])c1N(CCO)CC(F)(F)F. The minimum atomic E-state index is -4.51. The molecule has 1 rings (SSSR count). The molecule has 1 aromatic carbocycles. The van der Waals surface area contributed by atoms with Crippen molar-refractivity contribution in [3.63, 3.8) is 0 Å². The summed E-state index contributed by atoms with van der Waals surface area (Å²) in [4.78, 5) is 10.9. The van der Waals surface area contributed by atoms with Gasteiger partial charge in [0.25, 0.3) is 5.69 Å². The highest BCUT2D eigenvalue weighted by Crippen LogP contribution is 2.33. The van der Waals surface area contributed by atoms with Crippen LogP contribution in [0.5, 0.6) is 0 Å². The van der Waals surface area contributed by atoms with E-state index < -0.39 is 29.9 Å². The zero-order valence-corrected chi connectivity index (χ0v) is 10.1. The van der Waals surface area contributed by atoms with Crippen molar-refractivity contribution < 1.29 is 23.2 Å². The lowest BCUT2D eigenvalue weighted by molar-refractivity contribution is -0.384. The number of nitro benzene ring substituents is 1. The number of para-hydroxylation sites is 1. The van der Waals surface area contributed by atoms with Crippen molar-refractivity contribution in [2.24, 2.45) is 0 Å². The molecule has 0 spiro atoms. The van der Waals surface area contributed by atoms with Crippen LogP contribution in [0.15, 0.2) is 18.2 Å². The van der Waals surface area contributed by atoms with Crippen LogP contribution in [0.3, 0.4) is 0 Å². The molecule has 0 aliphatic carbocycles. The molecule has 0 aliphatic heterocycles. The van der Waals surface area contributed by atoms with E-state index in [1.807, 2.05) is 0 Å². The molecule has 5 nitrogen and oxygen atoms in total. The van der Waals surface area contributed by atoms with E-state index in [2.05, 4.69) is 0 Å². The fraction of sp³-hybridized carbons (Fsp3) is 0.455. The predicted octanol–water partition coefficient (Wildman–Crippen LogP) is 2.26. The summed E-state index contributed by atoms with van der Waals surface area (Å²) in [6.07, 6.45) is -4.51. The van der Waals surface area contributed by atoms with E-state index in [0.29, 0.717) is 5.56 Å². The topological polar surface area (TPSA) is 66.6 Å². The third-order valence-corrected chi connectivity index (χ3v) is 2.47. The van der Waals surface area contributed by atoms with E-state index in [1.165, 1.54) is 19.1 Å². The molecule has 0 amide bonds. The van der Waals surface area contributed by atoms with Crippen molar-refractivity contribution in [2.45, 2.75) is 13.1 Å². The van der Waals surface area contributed by atoms with Crippen LogP contribution in [0.1, 0.15) is 5.56 Å². The molecule has 0 unspecified atom stereocenters. The van der Waals surface area contributed by atoms with Gasteiger partial charge in [-0.25, -0.2) is 0 Å². The van der Waals surface area contributed by atoms with Gasteiger partial charge in [0.05, 0.1) is 11.5 Å². The summed E-state index contributed by atoms with van der Waals surface area (Å²) in [6.45, 7) is -0.713. The van der Waals surface area contributed by atoms with Gasteiger partial charge in [-0.05, 0) is 12.5 Å². The second-order valence-electron chi connectivity index (χ2n) is 3.96. The first-order chi connectivity index (χ1) is 8.76. The Hall–Kier alpha value is -1.83. The summed E-state index contributed by atoms with van der Waals surface area (Å²) < 4.78 is 37.5. The summed E-state index contributed by atoms with van der Waals surface area (Å²) in [7, 11) is 0. The van der Waals surface area contributed by atoms with Gasteiger partial charge in [0.2, 0.25) is 0 Å². The molecule has 0 bridgehead atoms. The summed E-state index contributed by atoms with van der Waals surface area (Å²) in [5.74, 6) is 0. The Labute approximate surface area is 107 Å². The number of aliphatic hydroxyl groups is 1. The van der Waals surface area contributed by atoms with Crippen LogP contribution < -0.4 is 4.90 Å². The number of benzene rings is 1. The molecule has 0 fully saturated rings. The molecule has 0 atom stereocenters. The number of halogens is 3. The smallest absolute Gasteiger partial charge is 0.395 e. The molecule has 0 radical (unpaired) electrons. The van der Waals surface area contributed by atoms with Gasteiger partial charge in [-0.15, -0.1) is 0 Å². The van der Waals surface area contributed by atoms with Crippen LogP contribution in [-0.2, 0) is 0 Å². The average molecular weight is 278 g/mol. The molecule has 0 aliphatic rings. The van der Waals surface area contributed by atoms with Crippen LogP contribution in [0.25, 0.3) is 0 Å². The third kappa shape index (κ3) is 4.09. The maximum absolute atomic E-state index is 12.5. The Morgan fingerprint density at radius 2 is 2.05 bits per heavy atom. The van der Waals surface area contributed by atoms with E-state index in [1.54, 1.807) is 0 Å². The molecule has 0 saturated carbocycles. The molecule has 1 N–H and O–H groups in total. The van der Waals surface area contributed by atoms with Gasteiger partial charge in [0.1, 0.15) is 12.2 Å². The highest BCUT2D eigenvalue weighted by atomic mass is 19.4. The molecular formula is C11H13F3N2O3. The molecule has 0 saturated heterocycles. The first kappa shape index (κ1) is 15.2. The van der Waals surface area contributed by atoms with Crippen molar-refractivity contribution in [1.82, 2.24) is 0 Å². The maximum atomic E-state index is 12.5. The second-order valence-corrected chi connectivity index (χ2v) is 3.96. The van der Waals surface area contributed by atoms with Gasteiger partial charge in [0.15, 0.2) is 0 Å². The Kier molecular flexibility index (Phi) is 4.71. The number of hydrogen-bond acceptors (Lipinski definition) is 4. The highest BCUT2D eigenvalue weighted by Gasteiger charge is 2.33. The Morgan fingerprint density at radius 1 is 1.42 bits per heavy atom. The van der Waals surface area contributed by atoms with Gasteiger partial charge in [-0.3, -0.25) is 10.1 Å². The number of hydrogen-bond donors (Lipinski definition) is 1. The van der Waals surface area contributed by atoms with E-state index in [4.69, 9.17) is 5.11 Å². The molecule has 106 valence electrons. The number of nitro groups is 1. The van der Waals surface area contributed by atoms with Crippen molar-refractivity contribution in [2.75, 3.05) is 24.6 Å². The number of rotatable bonds is 5. The Bertz CT molecular complexity index is 463. The van der Waals surface area contributed by atoms with Crippen LogP contribution in [0.2, 0.25) is 0 Å². The number of alkyl halides is 3. The molecule has 19 heavy (non-hydrogen) atoms. The minimum absolute atomic E-state index is 0.112. The first-order valence-electron chi connectivity index (χ1n) is 5.43.